The molecule has 0 aliphatic heterocycles. The Kier molecular flexibility index (Phi) is 5.37. The van der Waals surface area contributed by atoms with Crippen molar-refractivity contribution in [2.75, 3.05) is 11.9 Å². The molecular weight excluding hydrogens is 322 g/mol. The highest BCUT2D eigenvalue weighted by atomic mass is 79.9. The summed E-state index contributed by atoms with van der Waals surface area (Å²) in [6.07, 6.45) is 6.94. The van der Waals surface area contributed by atoms with Crippen LogP contribution in [0.15, 0.2) is 28.1 Å². The van der Waals surface area contributed by atoms with Gasteiger partial charge in [-0.2, -0.15) is 5.10 Å². The van der Waals surface area contributed by atoms with Gasteiger partial charge in [-0.05, 0) is 47.5 Å². The van der Waals surface area contributed by atoms with E-state index < -0.39 is 0 Å². The van der Waals surface area contributed by atoms with E-state index in [9.17, 15) is 9.90 Å². The van der Waals surface area contributed by atoms with Gasteiger partial charge in [0.15, 0.2) is 0 Å². The number of hydrogen-bond acceptors (Lipinski definition) is 4. The molecule has 1 aliphatic carbocycles. The zero-order valence-corrected chi connectivity index (χ0v) is 13.0. The highest BCUT2D eigenvalue weighted by Crippen LogP contribution is 2.25. The van der Waals surface area contributed by atoms with E-state index in [1.807, 2.05) is 0 Å². The predicted molar refractivity (Wildman–Crippen MR) is 82.8 cm³/mol. The molecule has 0 aromatic carbocycles. The Bertz CT molecular complexity index is 522. The SMILES string of the molecule is C=CCn1ncc(NCC2CCC(O)CC2)c(Br)c1=O. The molecule has 1 heterocycles. The van der Waals surface area contributed by atoms with Gasteiger partial charge < -0.3 is 10.4 Å². The first-order valence-electron chi connectivity index (χ1n) is 6.90. The molecular formula is C14H20BrN3O2. The van der Waals surface area contributed by atoms with Crippen LogP contribution < -0.4 is 10.9 Å². The lowest BCUT2D eigenvalue weighted by atomic mass is 9.87. The van der Waals surface area contributed by atoms with Crippen LogP contribution in [-0.2, 0) is 6.54 Å². The Morgan fingerprint density at radius 3 is 2.85 bits per heavy atom. The van der Waals surface area contributed by atoms with Gasteiger partial charge in [0.25, 0.3) is 5.56 Å². The van der Waals surface area contributed by atoms with Gasteiger partial charge in [0.1, 0.15) is 4.47 Å². The minimum Gasteiger partial charge on any atom is -0.393 e. The number of hydrogen-bond donors (Lipinski definition) is 2. The lowest BCUT2D eigenvalue weighted by Gasteiger charge is -2.25. The third-order valence-electron chi connectivity index (χ3n) is 3.68. The minimum atomic E-state index is -0.158. The number of nitrogens with one attached hydrogen (secondary N) is 1. The largest absolute Gasteiger partial charge is 0.393 e. The molecule has 20 heavy (non-hydrogen) atoms. The molecule has 5 nitrogen and oxygen atoms in total. The van der Waals surface area contributed by atoms with Gasteiger partial charge in [0.05, 0.1) is 24.5 Å². The van der Waals surface area contributed by atoms with E-state index in [2.05, 4.69) is 32.9 Å². The van der Waals surface area contributed by atoms with E-state index in [0.29, 0.717) is 16.9 Å². The van der Waals surface area contributed by atoms with Crippen LogP contribution in [0.2, 0.25) is 0 Å². The van der Waals surface area contributed by atoms with Crippen LogP contribution in [0.1, 0.15) is 25.7 Å². The summed E-state index contributed by atoms with van der Waals surface area (Å²) in [6.45, 7) is 4.81. The summed E-state index contributed by atoms with van der Waals surface area (Å²) in [7, 11) is 0. The smallest absolute Gasteiger partial charge is 0.283 e. The molecule has 1 aliphatic rings. The fraction of sp³-hybridized carbons (Fsp3) is 0.571. The van der Waals surface area contributed by atoms with Crippen molar-refractivity contribution >= 4 is 21.6 Å². The van der Waals surface area contributed by atoms with Gasteiger partial charge in [-0.3, -0.25) is 4.79 Å². The van der Waals surface area contributed by atoms with Gasteiger partial charge in [0.2, 0.25) is 0 Å². The van der Waals surface area contributed by atoms with Crippen molar-refractivity contribution < 1.29 is 5.11 Å². The van der Waals surface area contributed by atoms with Crippen molar-refractivity contribution in [3.8, 4) is 0 Å². The number of rotatable bonds is 5. The van der Waals surface area contributed by atoms with Crippen LogP contribution in [0.3, 0.4) is 0 Å². The number of allylic oxidation sites excluding steroid dienone is 1. The number of nitrogens with zero attached hydrogens (tertiary/aromatic N) is 2. The predicted octanol–water partition coefficient (Wildman–Crippen LogP) is 2.15. The van der Waals surface area contributed by atoms with Crippen molar-refractivity contribution in [1.82, 2.24) is 9.78 Å². The first kappa shape index (κ1) is 15.3. The molecule has 110 valence electrons. The maximum atomic E-state index is 12.0. The Morgan fingerprint density at radius 1 is 1.50 bits per heavy atom. The number of anilines is 1. The van der Waals surface area contributed by atoms with Gasteiger partial charge >= 0.3 is 0 Å². The van der Waals surface area contributed by atoms with Crippen LogP contribution in [0.4, 0.5) is 5.69 Å². The molecule has 1 aromatic heterocycles. The van der Waals surface area contributed by atoms with Gasteiger partial charge in [-0.1, -0.05) is 6.08 Å². The fourth-order valence-electron chi connectivity index (χ4n) is 2.44. The molecule has 0 radical (unpaired) electrons. The van der Waals surface area contributed by atoms with Crippen LogP contribution >= 0.6 is 15.9 Å². The Balaban J connectivity index is 1.98. The topological polar surface area (TPSA) is 67.2 Å². The molecule has 2 N–H and O–H groups in total. The Labute approximate surface area is 126 Å². The maximum Gasteiger partial charge on any atom is 0.283 e. The molecule has 2 rings (SSSR count). The van der Waals surface area contributed by atoms with E-state index in [1.54, 1.807) is 12.3 Å². The van der Waals surface area contributed by atoms with Crippen molar-refractivity contribution in [1.29, 1.82) is 0 Å². The second kappa shape index (κ2) is 7.04. The first-order chi connectivity index (χ1) is 9.61. The summed E-state index contributed by atoms with van der Waals surface area (Å²) in [5, 5.41) is 16.9. The van der Waals surface area contributed by atoms with E-state index in [1.165, 1.54) is 4.68 Å². The normalized spacial score (nSPS) is 22.5. The van der Waals surface area contributed by atoms with E-state index in [0.717, 1.165) is 37.9 Å². The summed E-state index contributed by atoms with van der Waals surface area (Å²) in [6, 6.07) is 0. The second-order valence-corrected chi connectivity index (χ2v) is 6.00. The molecule has 1 saturated carbocycles. The van der Waals surface area contributed by atoms with Crippen molar-refractivity contribution in [3.05, 3.63) is 33.7 Å². The van der Waals surface area contributed by atoms with E-state index in [-0.39, 0.29) is 11.7 Å². The molecule has 0 amide bonds. The monoisotopic (exact) mass is 341 g/mol. The average Bonchev–Trinajstić information content (AvgIpc) is 2.45. The molecule has 1 aromatic rings. The summed E-state index contributed by atoms with van der Waals surface area (Å²) in [5.74, 6) is 0.543. The third-order valence-corrected chi connectivity index (χ3v) is 4.45. The summed E-state index contributed by atoms with van der Waals surface area (Å²) in [5.41, 5.74) is 0.565. The maximum absolute atomic E-state index is 12.0. The number of aliphatic hydroxyl groups is 1. The highest BCUT2D eigenvalue weighted by molar-refractivity contribution is 9.10. The average molecular weight is 342 g/mol. The van der Waals surface area contributed by atoms with Crippen LogP contribution in [0.25, 0.3) is 0 Å². The van der Waals surface area contributed by atoms with Gasteiger partial charge in [0, 0.05) is 6.54 Å². The highest BCUT2D eigenvalue weighted by Gasteiger charge is 2.19. The van der Waals surface area contributed by atoms with Gasteiger partial charge in [-0.25, -0.2) is 4.68 Å². The molecule has 0 saturated heterocycles. The molecule has 6 heteroatoms. The molecule has 0 unspecified atom stereocenters. The van der Waals surface area contributed by atoms with Crippen molar-refractivity contribution in [2.45, 2.75) is 38.3 Å². The van der Waals surface area contributed by atoms with E-state index >= 15 is 0 Å². The molecule has 1 fully saturated rings. The quantitative estimate of drug-likeness (QED) is 0.805. The lowest BCUT2D eigenvalue weighted by Crippen LogP contribution is -2.26. The Hall–Kier alpha value is -1.14. The van der Waals surface area contributed by atoms with E-state index in [4.69, 9.17) is 0 Å². The first-order valence-corrected chi connectivity index (χ1v) is 7.69. The summed E-state index contributed by atoms with van der Waals surface area (Å²) >= 11 is 3.33. The molecule has 0 atom stereocenters. The van der Waals surface area contributed by atoms with Crippen LogP contribution in [0.5, 0.6) is 0 Å². The molecule has 0 bridgehead atoms. The minimum absolute atomic E-state index is 0.137. The van der Waals surface area contributed by atoms with Crippen LogP contribution in [0, 0.1) is 5.92 Å². The van der Waals surface area contributed by atoms with Gasteiger partial charge in [-0.15, -0.1) is 6.58 Å². The fourth-order valence-corrected chi connectivity index (χ4v) is 2.89. The third kappa shape index (κ3) is 3.70. The van der Waals surface area contributed by atoms with Crippen LogP contribution in [-0.4, -0.2) is 27.5 Å². The molecule has 0 spiro atoms. The summed E-state index contributed by atoms with van der Waals surface area (Å²) < 4.78 is 1.87. The number of halogens is 1. The zero-order chi connectivity index (χ0) is 14.5. The summed E-state index contributed by atoms with van der Waals surface area (Å²) in [4.78, 5) is 12.0. The zero-order valence-electron chi connectivity index (χ0n) is 11.4. The number of aromatic nitrogens is 2. The standard InChI is InChI=1S/C14H20BrN3O2/c1-2-7-18-14(20)13(15)12(9-17-18)16-8-10-3-5-11(19)6-4-10/h2,9-11,16,19H,1,3-8H2. The Morgan fingerprint density at radius 2 is 2.20 bits per heavy atom. The lowest BCUT2D eigenvalue weighted by molar-refractivity contribution is 0.111. The van der Waals surface area contributed by atoms with Crippen molar-refractivity contribution in [2.24, 2.45) is 5.92 Å². The number of aliphatic hydroxyl groups excluding tert-OH is 1. The second-order valence-electron chi connectivity index (χ2n) is 5.20. The van der Waals surface area contributed by atoms with Crippen molar-refractivity contribution in [3.63, 3.8) is 0 Å².